The number of benzene rings is 1. The van der Waals surface area contributed by atoms with Gasteiger partial charge in [0.05, 0.1) is 48.4 Å². The normalized spacial score (nSPS) is 21.2. The third-order valence-electron chi connectivity index (χ3n) is 8.98. The minimum Gasteiger partial charge on any atom is -0.458 e. The average molecular weight is 577 g/mol. The summed E-state index contributed by atoms with van der Waals surface area (Å²) in [6, 6.07) is 2.60. The molecule has 0 saturated heterocycles. The summed E-state index contributed by atoms with van der Waals surface area (Å²) in [5.41, 5.74) is 2.64. The molecular formula is C29H29FN6O6. The third-order valence-corrected chi connectivity index (χ3v) is 8.98. The fourth-order valence-corrected chi connectivity index (χ4v) is 6.74. The van der Waals surface area contributed by atoms with Crippen LogP contribution in [-0.2, 0) is 41.2 Å². The molecule has 0 spiro atoms. The number of aliphatic hydroxyl groups is 3. The third kappa shape index (κ3) is 3.63. The molecule has 3 atom stereocenters. The number of cyclic esters (lactones) is 1. The SMILES string of the molecule is CC[C@@]1(O)C(=O)OCc2c1cc1n(c2=O)Cc2c-1nc1cc(F)c(C)c3c1c2[C@@H](NC(O)c1cnnn1CCO)CC3. The van der Waals surface area contributed by atoms with E-state index >= 15 is 4.39 Å². The summed E-state index contributed by atoms with van der Waals surface area (Å²) in [5.74, 6) is -1.19. The van der Waals surface area contributed by atoms with Crippen molar-refractivity contribution in [2.45, 2.75) is 70.7 Å². The lowest BCUT2D eigenvalue weighted by atomic mass is 9.81. The predicted molar refractivity (Wildman–Crippen MR) is 145 cm³/mol. The molecule has 1 unspecified atom stereocenters. The second kappa shape index (κ2) is 9.49. The number of fused-ring (bicyclic) bond motifs is 5. The second-order valence-corrected chi connectivity index (χ2v) is 11.1. The standard InChI is InChI=1S/C29H29FN6O6/c1-3-29(41)17-8-21-25-15(11-35(21)27(39)16(17)12-42-28(29)40)24-19(33-26(38)22-10-31-34-36(22)6-7-37)5-4-14-13(2)18(30)9-20(32-25)23(14)24/h8-10,19,26,33,37-38,41H,3-7,11-12H2,1-2H3/t19-,26?,29-/m0/s1. The first-order valence-electron chi connectivity index (χ1n) is 13.9. The van der Waals surface area contributed by atoms with E-state index in [1.807, 2.05) is 0 Å². The van der Waals surface area contributed by atoms with Crippen molar-refractivity contribution >= 4 is 16.9 Å². The zero-order valence-electron chi connectivity index (χ0n) is 23.0. The summed E-state index contributed by atoms with van der Waals surface area (Å²) in [7, 11) is 0. The molecule has 0 amide bonds. The highest BCUT2D eigenvalue weighted by atomic mass is 19.1. The molecule has 0 bridgehead atoms. The number of carbonyl (C=O) groups excluding carboxylic acids is 1. The zero-order chi connectivity index (χ0) is 29.5. The maximum Gasteiger partial charge on any atom is 0.343 e. The molecule has 13 heteroatoms. The predicted octanol–water partition coefficient (Wildman–Crippen LogP) is 1.38. The van der Waals surface area contributed by atoms with Gasteiger partial charge in [-0.2, -0.15) is 0 Å². The number of aryl methyl sites for hydroxylation is 1. The highest BCUT2D eigenvalue weighted by molar-refractivity contribution is 5.93. The topological polar surface area (TPSA) is 165 Å². The molecule has 12 nitrogen and oxygen atoms in total. The van der Waals surface area contributed by atoms with Crippen molar-refractivity contribution in [3.05, 3.63) is 73.6 Å². The molecule has 1 aliphatic carbocycles. The van der Waals surface area contributed by atoms with Gasteiger partial charge in [0.15, 0.2) is 5.60 Å². The molecule has 0 fully saturated rings. The van der Waals surface area contributed by atoms with E-state index in [1.165, 1.54) is 16.9 Å². The van der Waals surface area contributed by atoms with Crippen molar-refractivity contribution in [1.29, 1.82) is 0 Å². The van der Waals surface area contributed by atoms with Gasteiger partial charge in [-0.15, -0.1) is 5.10 Å². The summed E-state index contributed by atoms with van der Waals surface area (Å²) in [5, 5.41) is 43.6. The van der Waals surface area contributed by atoms with Crippen LogP contribution in [0.15, 0.2) is 23.1 Å². The molecule has 0 radical (unpaired) electrons. The number of nitrogens with one attached hydrogen (secondary N) is 1. The van der Waals surface area contributed by atoms with Crippen molar-refractivity contribution in [3.63, 3.8) is 0 Å². The van der Waals surface area contributed by atoms with Crippen molar-refractivity contribution in [2.24, 2.45) is 0 Å². The number of esters is 1. The molecule has 1 aromatic carbocycles. The highest BCUT2D eigenvalue weighted by Crippen LogP contribution is 2.46. The van der Waals surface area contributed by atoms with Crippen LogP contribution in [0.4, 0.5) is 4.39 Å². The molecule has 218 valence electrons. The first-order valence-corrected chi connectivity index (χ1v) is 13.9. The summed E-state index contributed by atoms with van der Waals surface area (Å²) in [6.07, 6.45) is 1.33. The number of hydrogen-bond acceptors (Lipinski definition) is 10. The minimum atomic E-state index is -1.97. The Kier molecular flexibility index (Phi) is 6.06. The fraction of sp³-hybridized carbons (Fsp3) is 0.414. The first-order chi connectivity index (χ1) is 20.2. The molecule has 3 aliphatic rings. The van der Waals surface area contributed by atoms with E-state index in [0.717, 1.165) is 22.1 Å². The average Bonchev–Trinajstić information content (AvgIpc) is 3.59. The van der Waals surface area contributed by atoms with E-state index in [0.29, 0.717) is 41.0 Å². The summed E-state index contributed by atoms with van der Waals surface area (Å²) >= 11 is 0. The van der Waals surface area contributed by atoms with Gasteiger partial charge in [-0.1, -0.05) is 12.1 Å². The number of aliphatic hydroxyl groups excluding tert-OH is 2. The van der Waals surface area contributed by atoms with Crippen LogP contribution in [0, 0.1) is 12.7 Å². The Labute approximate surface area is 238 Å². The van der Waals surface area contributed by atoms with E-state index in [2.05, 4.69) is 15.6 Å². The van der Waals surface area contributed by atoms with Gasteiger partial charge in [-0.05, 0) is 48.9 Å². The van der Waals surface area contributed by atoms with Gasteiger partial charge in [0.1, 0.15) is 24.3 Å². The Balaban J connectivity index is 1.43. The Hall–Kier alpha value is -4.04. The van der Waals surface area contributed by atoms with Gasteiger partial charge >= 0.3 is 5.97 Å². The van der Waals surface area contributed by atoms with Crippen molar-refractivity contribution in [3.8, 4) is 11.4 Å². The number of rotatable bonds is 6. The smallest absolute Gasteiger partial charge is 0.343 e. The Morgan fingerprint density at radius 2 is 2.07 bits per heavy atom. The fourth-order valence-electron chi connectivity index (χ4n) is 6.74. The molecule has 42 heavy (non-hydrogen) atoms. The molecule has 2 aliphatic heterocycles. The van der Waals surface area contributed by atoms with Crippen LogP contribution in [0.3, 0.4) is 0 Å². The molecule has 0 saturated carbocycles. The minimum absolute atomic E-state index is 0.0183. The first kappa shape index (κ1) is 26.8. The van der Waals surface area contributed by atoms with Crippen LogP contribution < -0.4 is 10.9 Å². The van der Waals surface area contributed by atoms with Gasteiger partial charge in [0.2, 0.25) is 0 Å². The van der Waals surface area contributed by atoms with Gasteiger partial charge in [-0.3, -0.25) is 10.1 Å². The van der Waals surface area contributed by atoms with E-state index < -0.39 is 29.4 Å². The van der Waals surface area contributed by atoms with E-state index in [1.54, 1.807) is 24.5 Å². The highest BCUT2D eigenvalue weighted by Gasteiger charge is 2.46. The van der Waals surface area contributed by atoms with E-state index in [4.69, 9.17) is 9.72 Å². The van der Waals surface area contributed by atoms with Gasteiger partial charge < -0.3 is 24.6 Å². The van der Waals surface area contributed by atoms with Crippen LogP contribution in [0.2, 0.25) is 0 Å². The van der Waals surface area contributed by atoms with Crippen molar-refractivity contribution < 1.29 is 29.2 Å². The molecular weight excluding hydrogens is 547 g/mol. The number of nitrogens with zero attached hydrogens (tertiary/aromatic N) is 5. The van der Waals surface area contributed by atoms with Crippen LogP contribution in [0.1, 0.15) is 71.1 Å². The molecule has 4 N–H and O–H groups in total. The van der Waals surface area contributed by atoms with Gasteiger partial charge in [0, 0.05) is 28.6 Å². The number of ether oxygens (including phenoxy) is 1. The Bertz CT molecular complexity index is 1870. The molecule has 5 heterocycles. The number of aromatic nitrogens is 5. The van der Waals surface area contributed by atoms with Crippen LogP contribution in [0.25, 0.3) is 22.3 Å². The Morgan fingerprint density at radius 1 is 1.26 bits per heavy atom. The van der Waals surface area contributed by atoms with Crippen LogP contribution in [-0.4, -0.2) is 52.4 Å². The number of pyridine rings is 2. The lowest BCUT2D eigenvalue weighted by molar-refractivity contribution is -0.172. The Morgan fingerprint density at radius 3 is 2.83 bits per heavy atom. The number of halogens is 1. The number of carbonyl (C=O) groups is 1. The van der Waals surface area contributed by atoms with E-state index in [9.17, 15) is 24.9 Å². The molecule has 7 rings (SSSR count). The summed E-state index contributed by atoms with van der Waals surface area (Å²) in [6.45, 7) is 3.29. The van der Waals surface area contributed by atoms with Crippen LogP contribution >= 0.6 is 0 Å². The van der Waals surface area contributed by atoms with Crippen molar-refractivity contribution in [1.82, 2.24) is 29.9 Å². The van der Waals surface area contributed by atoms with Gasteiger partial charge in [-0.25, -0.2) is 18.9 Å². The van der Waals surface area contributed by atoms with Crippen molar-refractivity contribution in [2.75, 3.05) is 6.61 Å². The lowest BCUT2D eigenvalue weighted by Crippen LogP contribution is -2.44. The molecule has 3 aromatic heterocycles. The summed E-state index contributed by atoms with van der Waals surface area (Å²) < 4.78 is 23.3. The van der Waals surface area contributed by atoms with Crippen LogP contribution in [0.5, 0.6) is 0 Å². The zero-order valence-corrected chi connectivity index (χ0v) is 23.0. The van der Waals surface area contributed by atoms with Gasteiger partial charge in [0.25, 0.3) is 5.56 Å². The maximum atomic E-state index is 15.1. The largest absolute Gasteiger partial charge is 0.458 e. The summed E-state index contributed by atoms with van der Waals surface area (Å²) in [4.78, 5) is 31.2. The maximum absolute atomic E-state index is 15.1. The molecule has 4 aromatic rings. The monoisotopic (exact) mass is 576 g/mol. The number of hydrogen-bond donors (Lipinski definition) is 4. The lowest BCUT2D eigenvalue weighted by Gasteiger charge is -2.31. The van der Waals surface area contributed by atoms with E-state index in [-0.39, 0.29) is 49.7 Å². The second-order valence-electron chi connectivity index (χ2n) is 11.1. The quantitative estimate of drug-likeness (QED) is 0.171.